The summed E-state index contributed by atoms with van der Waals surface area (Å²) in [6.07, 6.45) is -1.56. The van der Waals surface area contributed by atoms with Crippen LogP contribution >= 0.6 is 25.3 Å². The second-order valence-electron chi connectivity index (χ2n) is 16.0. The summed E-state index contributed by atoms with van der Waals surface area (Å²) in [5.41, 5.74) is 17.2. The normalized spacial score (nSPS) is 15.1. The predicted molar refractivity (Wildman–Crippen MR) is 244 cm³/mol. The molecule has 0 aliphatic carbocycles. The van der Waals surface area contributed by atoms with Gasteiger partial charge in [0.1, 0.15) is 48.3 Å². The number of hydrogen-bond donors (Lipinski definition) is 15. The molecule has 9 atom stereocenters. The third-order valence-corrected chi connectivity index (χ3v) is 10.2. The maximum absolute atomic E-state index is 13.8. The number of aliphatic hydroxyl groups excluding tert-OH is 1. The number of aliphatic carboxylic acids is 1. The molecule has 66 heavy (non-hydrogen) atoms. The zero-order valence-electron chi connectivity index (χ0n) is 37.2. The summed E-state index contributed by atoms with van der Waals surface area (Å²) < 4.78 is 0. The molecule has 1 aromatic rings. The van der Waals surface area contributed by atoms with Crippen molar-refractivity contribution >= 4 is 90.3 Å². The van der Waals surface area contributed by atoms with E-state index in [0.717, 1.165) is 0 Å². The summed E-state index contributed by atoms with van der Waals surface area (Å²) in [5, 5.41) is 38.0. The summed E-state index contributed by atoms with van der Waals surface area (Å²) in [7, 11) is 0. The second kappa shape index (κ2) is 28.8. The van der Waals surface area contributed by atoms with Crippen molar-refractivity contribution in [2.75, 3.05) is 18.1 Å². The summed E-state index contributed by atoms with van der Waals surface area (Å²) >= 11 is 7.88. The number of thiol groups is 2. The molecule has 1 aromatic carbocycles. The number of carbonyl (C=O) groups is 11. The summed E-state index contributed by atoms with van der Waals surface area (Å²) in [6.45, 7) is 6.58. The predicted octanol–water partition coefficient (Wildman–Crippen LogP) is -5.16. The van der Waals surface area contributed by atoms with Gasteiger partial charge in [0.2, 0.25) is 59.1 Å². The first-order chi connectivity index (χ1) is 30.8. The Labute approximate surface area is 392 Å². The molecule has 0 spiro atoms. The highest BCUT2D eigenvalue weighted by Crippen LogP contribution is 2.11. The molecule has 0 radical (unpaired) electrons. The van der Waals surface area contributed by atoms with Crippen LogP contribution in [-0.2, 0) is 59.2 Å². The minimum Gasteiger partial charge on any atom is -0.480 e. The van der Waals surface area contributed by atoms with Crippen LogP contribution in [0.5, 0.6) is 0 Å². The molecule has 1 rings (SSSR count). The number of rotatable bonds is 29. The lowest BCUT2D eigenvalue weighted by atomic mass is 9.99. The van der Waals surface area contributed by atoms with E-state index in [2.05, 4.69) is 67.8 Å². The molecule has 24 nitrogen and oxygen atoms in total. The average molecular weight is 970 g/mol. The van der Waals surface area contributed by atoms with Gasteiger partial charge < -0.3 is 69.9 Å². The van der Waals surface area contributed by atoms with Crippen molar-refractivity contribution in [3.63, 3.8) is 0 Å². The quantitative estimate of drug-likeness (QED) is 0.0334. The van der Waals surface area contributed by atoms with E-state index in [1.54, 1.807) is 44.2 Å². The van der Waals surface area contributed by atoms with Gasteiger partial charge in [-0.2, -0.15) is 25.3 Å². The molecule has 10 amide bonds. The molecular weight excluding hydrogens is 907 g/mol. The highest BCUT2D eigenvalue weighted by Gasteiger charge is 2.36. The van der Waals surface area contributed by atoms with Gasteiger partial charge in [0, 0.05) is 17.9 Å². The lowest BCUT2D eigenvalue weighted by Crippen LogP contribution is -2.62. The molecule has 0 fully saturated rings. The molecule has 0 saturated carbocycles. The first-order valence-corrected chi connectivity index (χ1v) is 22.0. The lowest BCUT2D eigenvalue weighted by Gasteiger charge is -2.29. The third kappa shape index (κ3) is 20.5. The number of benzene rings is 1. The second-order valence-corrected chi connectivity index (χ2v) is 16.7. The molecule has 0 saturated heterocycles. The van der Waals surface area contributed by atoms with E-state index in [9.17, 15) is 63.0 Å². The zero-order chi connectivity index (χ0) is 50.4. The lowest BCUT2D eigenvalue weighted by molar-refractivity contribution is -0.141. The Morgan fingerprint density at radius 3 is 1.44 bits per heavy atom. The molecule has 0 bridgehead atoms. The van der Waals surface area contributed by atoms with Crippen LogP contribution in [0.3, 0.4) is 0 Å². The van der Waals surface area contributed by atoms with Crippen LogP contribution in [0.2, 0.25) is 0 Å². The van der Waals surface area contributed by atoms with Crippen molar-refractivity contribution in [3.8, 4) is 0 Å². The third-order valence-electron chi connectivity index (χ3n) is 9.48. The summed E-state index contributed by atoms with van der Waals surface area (Å²) in [4.78, 5) is 142. The minimum absolute atomic E-state index is 0.00957. The van der Waals surface area contributed by atoms with E-state index >= 15 is 0 Å². The average Bonchev–Trinajstić information content (AvgIpc) is 3.24. The van der Waals surface area contributed by atoms with Crippen molar-refractivity contribution in [2.24, 2.45) is 29.0 Å². The Morgan fingerprint density at radius 1 is 0.545 bits per heavy atom. The van der Waals surface area contributed by atoms with E-state index < -0.39 is 145 Å². The number of nitrogens with one attached hydrogen (secondary N) is 8. The van der Waals surface area contributed by atoms with Crippen molar-refractivity contribution in [1.29, 1.82) is 0 Å². The molecule has 368 valence electrons. The Kier molecular flexibility index (Phi) is 25.3. The SMILES string of the molecule is CC(C)C[C@H](NC(=O)[C@H](Cc1ccccc1)NC(=O)[C@@H](N)CS)C(=O)N[C@@H](CC(N)=O)C(=O)N[C@H](C(=O)N[C@@H](CO)C(=O)N[C@@H](CC(N)=O)C(=O)N[C@@H](C)C(=O)N[C@@H](CS)C(=O)O)C(C)C. The fraction of sp³-hybridized carbons (Fsp3) is 0.575. The van der Waals surface area contributed by atoms with E-state index in [4.69, 9.17) is 17.2 Å². The van der Waals surface area contributed by atoms with Crippen molar-refractivity contribution in [1.82, 2.24) is 42.5 Å². The Bertz CT molecular complexity index is 1890. The standard InChI is InChI=1S/C40H63N11O13S2/c1-18(2)11-23(46-36(59)24(45-33(56)22(41)16-65)12-21-9-7-6-8-10-21)35(58)47-26(14-30(43)54)37(60)51-31(19(3)4)39(62)49-27(15-52)38(61)48-25(13-29(42)53)34(57)44-20(5)32(55)50-28(17-66)40(63)64/h6-10,18-20,22-28,31,52,65-66H,11-17,41H2,1-5H3,(H2,42,53)(H2,43,54)(H,44,57)(H,45,56)(H,46,59)(H,47,58)(H,48,61)(H,49,62)(H,50,55)(H,51,60)(H,63,64)/t20-,22-,23-,24-,25-,26-,27-,28-,31-/m0/s1. The van der Waals surface area contributed by atoms with Gasteiger partial charge in [-0.15, -0.1) is 0 Å². The van der Waals surface area contributed by atoms with Gasteiger partial charge in [-0.25, -0.2) is 4.79 Å². The van der Waals surface area contributed by atoms with E-state index in [-0.39, 0.29) is 30.3 Å². The van der Waals surface area contributed by atoms with Crippen molar-refractivity contribution < 1.29 is 63.0 Å². The molecule has 26 heteroatoms. The monoisotopic (exact) mass is 969 g/mol. The minimum atomic E-state index is -1.82. The molecule has 16 N–H and O–H groups in total. The van der Waals surface area contributed by atoms with Crippen LogP contribution in [0.4, 0.5) is 0 Å². The molecule has 0 heterocycles. The molecule has 0 unspecified atom stereocenters. The van der Waals surface area contributed by atoms with Crippen LogP contribution < -0.4 is 59.7 Å². The Hall–Kier alpha value is -5.99. The molecular formula is C40H63N11O13S2. The van der Waals surface area contributed by atoms with Crippen LogP contribution in [0.15, 0.2) is 30.3 Å². The van der Waals surface area contributed by atoms with Crippen molar-refractivity contribution in [3.05, 3.63) is 35.9 Å². The van der Waals surface area contributed by atoms with Gasteiger partial charge in [0.25, 0.3) is 0 Å². The van der Waals surface area contributed by atoms with Gasteiger partial charge in [0.05, 0.1) is 25.5 Å². The largest absolute Gasteiger partial charge is 0.480 e. The Morgan fingerprint density at radius 2 is 0.985 bits per heavy atom. The van der Waals surface area contributed by atoms with Crippen LogP contribution in [0, 0.1) is 11.8 Å². The Balaban J connectivity index is 3.27. The van der Waals surface area contributed by atoms with Gasteiger partial charge in [-0.05, 0) is 30.7 Å². The molecule has 0 aliphatic heterocycles. The fourth-order valence-corrected chi connectivity index (χ4v) is 6.28. The number of nitrogens with two attached hydrogens (primary N) is 3. The summed E-state index contributed by atoms with van der Waals surface area (Å²) in [6, 6.07) is -4.53. The highest BCUT2D eigenvalue weighted by molar-refractivity contribution is 7.80. The molecule has 0 aromatic heterocycles. The van der Waals surface area contributed by atoms with Gasteiger partial charge in [-0.1, -0.05) is 58.0 Å². The zero-order valence-corrected chi connectivity index (χ0v) is 39.0. The number of aliphatic hydroxyl groups is 1. The maximum atomic E-state index is 13.8. The number of hydrogen-bond acceptors (Lipinski definition) is 15. The topological polar surface area (TPSA) is 403 Å². The maximum Gasteiger partial charge on any atom is 0.327 e. The van der Waals surface area contributed by atoms with E-state index in [1.807, 2.05) is 0 Å². The van der Waals surface area contributed by atoms with Crippen LogP contribution in [-0.4, -0.2) is 148 Å². The smallest absolute Gasteiger partial charge is 0.327 e. The number of amides is 10. The van der Waals surface area contributed by atoms with E-state index in [0.29, 0.717) is 5.56 Å². The number of carbonyl (C=O) groups excluding carboxylic acids is 10. The van der Waals surface area contributed by atoms with Gasteiger partial charge in [0.15, 0.2) is 0 Å². The van der Waals surface area contributed by atoms with Crippen molar-refractivity contribution in [2.45, 2.75) is 115 Å². The van der Waals surface area contributed by atoms with Gasteiger partial charge >= 0.3 is 5.97 Å². The number of carboxylic acid groups (broad SMARTS) is 1. The van der Waals surface area contributed by atoms with Gasteiger partial charge in [-0.3, -0.25) is 47.9 Å². The van der Waals surface area contributed by atoms with Crippen LogP contribution in [0.25, 0.3) is 0 Å². The fourth-order valence-electron chi connectivity index (χ4n) is 5.87. The first-order valence-electron chi connectivity index (χ1n) is 20.7. The van der Waals surface area contributed by atoms with E-state index in [1.165, 1.54) is 20.8 Å². The summed E-state index contributed by atoms with van der Waals surface area (Å²) in [5.74, 6) is -12.6. The number of primary amides is 2. The highest BCUT2D eigenvalue weighted by atomic mass is 32.1. The number of carboxylic acids is 1. The van der Waals surface area contributed by atoms with Crippen LogP contribution in [0.1, 0.15) is 59.4 Å². The first kappa shape index (κ1) is 58.0. The molecule has 0 aliphatic rings.